The van der Waals surface area contributed by atoms with Crippen molar-refractivity contribution < 1.29 is 9.90 Å². The van der Waals surface area contributed by atoms with Crippen LogP contribution >= 0.6 is 0 Å². The van der Waals surface area contributed by atoms with Crippen molar-refractivity contribution in [3.63, 3.8) is 0 Å². The molecule has 0 saturated carbocycles. The van der Waals surface area contributed by atoms with Gasteiger partial charge < -0.3 is 15.0 Å². The zero-order chi connectivity index (χ0) is 14.4. The molecule has 5 heteroatoms. The highest BCUT2D eigenvalue weighted by Gasteiger charge is 2.14. The van der Waals surface area contributed by atoms with Crippen LogP contribution in [0.3, 0.4) is 0 Å². The Balaban J connectivity index is 2.07. The smallest absolute Gasteiger partial charge is 0.246 e. The van der Waals surface area contributed by atoms with Crippen LogP contribution in [0, 0.1) is 6.92 Å². The average Bonchev–Trinajstić information content (AvgIpc) is 2.89. The molecule has 20 heavy (non-hydrogen) atoms. The molecule has 1 heterocycles. The first-order valence-corrected chi connectivity index (χ1v) is 6.63. The second-order valence-electron chi connectivity index (χ2n) is 4.65. The van der Waals surface area contributed by atoms with Gasteiger partial charge in [-0.15, -0.1) is 0 Å². The molecule has 2 aromatic rings. The number of carbonyl (C=O) groups is 1. The van der Waals surface area contributed by atoms with Crippen molar-refractivity contribution in [2.24, 2.45) is 0 Å². The highest BCUT2D eigenvalue weighted by molar-refractivity contribution is 5.77. The zero-order valence-electron chi connectivity index (χ0n) is 11.5. The van der Waals surface area contributed by atoms with Crippen LogP contribution in [0.15, 0.2) is 42.7 Å². The van der Waals surface area contributed by atoms with Crippen LogP contribution < -0.4 is 5.32 Å². The molecule has 0 spiro atoms. The SMILES string of the molecule is Cc1nccn1CC[C@@H](NC(=O)CO)c1ccccc1. The molecule has 0 radical (unpaired) electrons. The molecule has 0 fully saturated rings. The van der Waals surface area contributed by atoms with E-state index < -0.39 is 6.61 Å². The van der Waals surface area contributed by atoms with E-state index in [-0.39, 0.29) is 11.9 Å². The molecule has 1 atom stereocenters. The topological polar surface area (TPSA) is 67.2 Å². The van der Waals surface area contributed by atoms with Crippen LogP contribution in [0.5, 0.6) is 0 Å². The van der Waals surface area contributed by atoms with Crippen molar-refractivity contribution >= 4 is 5.91 Å². The first-order valence-electron chi connectivity index (χ1n) is 6.63. The number of benzene rings is 1. The summed E-state index contributed by atoms with van der Waals surface area (Å²) >= 11 is 0. The second-order valence-corrected chi connectivity index (χ2v) is 4.65. The summed E-state index contributed by atoms with van der Waals surface area (Å²) in [5, 5.41) is 11.7. The summed E-state index contributed by atoms with van der Waals surface area (Å²) in [5.41, 5.74) is 1.03. The lowest BCUT2D eigenvalue weighted by molar-refractivity contribution is -0.124. The summed E-state index contributed by atoms with van der Waals surface area (Å²) < 4.78 is 2.04. The van der Waals surface area contributed by atoms with Crippen LogP contribution in [-0.4, -0.2) is 27.2 Å². The van der Waals surface area contributed by atoms with E-state index in [1.54, 1.807) is 6.20 Å². The van der Waals surface area contributed by atoms with Crippen molar-refractivity contribution in [3.8, 4) is 0 Å². The minimum Gasteiger partial charge on any atom is -0.387 e. The lowest BCUT2D eigenvalue weighted by atomic mass is 10.0. The number of hydrogen-bond donors (Lipinski definition) is 2. The molecule has 0 aliphatic carbocycles. The molecule has 0 saturated heterocycles. The van der Waals surface area contributed by atoms with E-state index in [0.29, 0.717) is 0 Å². The van der Waals surface area contributed by atoms with Gasteiger partial charge in [0.15, 0.2) is 0 Å². The number of aliphatic hydroxyl groups is 1. The van der Waals surface area contributed by atoms with Gasteiger partial charge in [0.1, 0.15) is 12.4 Å². The average molecular weight is 273 g/mol. The van der Waals surface area contributed by atoms with Gasteiger partial charge in [-0.2, -0.15) is 0 Å². The van der Waals surface area contributed by atoms with Crippen LogP contribution in [0.1, 0.15) is 23.9 Å². The number of aliphatic hydroxyl groups excluding tert-OH is 1. The molecule has 1 aromatic carbocycles. The first kappa shape index (κ1) is 14.3. The minimum atomic E-state index is -0.493. The maximum absolute atomic E-state index is 11.4. The fourth-order valence-corrected chi connectivity index (χ4v) is 2.16. The fraction of sp³-hybridized carbons (Fsp3) is 0.333. The number of rotatable bonds is 6. The highest BCUT2D eigenvalue weighted by atomic mass is 16.3. The number of nitrogens with one attached hydrogen (secondary N) is 1. The molecule has 0 bridgehead atoms. The maximum Gasteiger partial charge on any atom is 0.246 e. The van der Waals surface area contributed by atoms with E-state index in [1.807, 2.05) is 48.0 Å². The van der Waals surface area contributed by atoms with E-state index in [9.17, 15) is 4.79 Å². The largest absolute Gasteiger partial charge is 0.387 e. The quantitative estimate of drug-likeness (QED) is 0.836. The Bertz CT molecular complexity index is 551. The third-order valence-electron chi connectivity index (χ3n) is 3.26. The van der Waals surface area contributed by atoms with E-state index in [1.165, 1.54) is 0 Å². The summed E-state index contributed by atoms with van der Waals surface area (Å²) in [7, 11) is 0. The van der Waals surface area contributed by atoms with Gasteiger partial charge in [0.05, 0.1) is 6.04 Å². The number of nitrogens with zero attached hydrogens (tertiary/aromatic N) is 2. The summed E-state index contributed by atoms with van der Waals surface area (Å²) in [4.78, 5) is 15.6. The van der Waals surface area contributed by atoms with Crippen LogP contribution in [0.4, 0.5) is 0 Å². The van der Waals surface area contributed by atoms with Gasteiger partial charge >= 0.3 is 0 Å². The molecule has 2 N–H and O–H groups in total. The van der Waals surface area contributed by atoms with Gasteiger partial charge in [-0.1, -0.05) is 30.3 Å². The van der Waals surface area contributed by atoms with Gasteiger partial charge in [0.25, 0.3) is 0 Å². The summed E-state index contributed by atoms with van der Waals surface area (Å²) in [6.45, 7) is 2.22. The molecule has 5 nitrogen and oxygen atoms in total. The fourth-order valence-electron chi connectivity index (χ4n) is 2.16. The third-order valence-corrected chi connectivity index (χ3v) is 3.26. The number of aromatic nitrogens is 2. The lowest BCUT2D eigenvalue weighted by Crippen LogP contribution is -2.31. The minimum absolute atomic E-state index is 0.113. The second kappa shape index (κ2) is 6.86. The molecule has 106 valence electrons. The van der Waals surface area contributed by atoms with E-state index >= 15 is 0 Å². The zero-order valence-corrected chi connectivity index (χ0v) is 11.5. The van der Waals surface area contributed by atoms with Gasteiger partial charge in [-0.05, 0) is 18.9 Å². The number of imidazole rings is 1. The van der Waals surface area contributed by atoms with E-state index in [0.717, 1.165) is 24.4 Å². The van der Waals surface area contributed by atoms with Gasteiger partial charge in [0, 0.05) is 18.9 Å². The van der Waals surface area contributed by atoms with E-state index in [4.69, 9.17) is 5.11 Å². The molecular formula is C15H19N3O2. The predicted octanol–water partition coefficient (Wildman–Crippen LogP) is 1.43. The molecule has 2 rings (SSSR count). The van der Waals surface area contributed by atoms with Crippen molar-refractivity contribution in [1.29, 1.82) is 0 Å². The van der Waals surface area contributed by atoms with Crippen molar-refractivity contribution in [2.45, 2.75) is 25.9 Å². The van der Waals surface area contributed by atoms with Crippen LogP contribution in [0.2, 0.25) is 0 Å². The Morgan fingerprint density at radius 2 is 2.15 bits per heavy atom. The van der Waals surface area contributed by atoms with Gasteiger partial charge in [0.2, 0.25) is 5.91 Å². The Labute approximate surface area is 118 Å². The Morgan fingerprint density at radius 3 is 2.75 bits per heavy atom. The number of amides is 1. The normalized spacial score (nSPS) is 12.1. The Hall–Kier alpha value is -2.14. The van der Waals surface area contributed by atoms with Crippen molar-refractivity contribution in [2.75, 3.05) is 6.61 Å². The number of hydrogen-bond acceptors (Lipinski definition) is 3. The molecule has 1 amide bonds. The molecule has 0 aliphatic heterocycles. The van der Waals surface area contributed by atoms with Crippen LogP contribution in [0.25, 0.3) is 0 Å². The molecule has 0 aliphatic rings. The lowest BCUT2D eigenvalue weighted by Gasteiger charge is -2.19. The maximum atomic E-state index is 11.4. The molecule has 1 aromatic heterocycles. The van der Waals surface area contributed by atoms with Gasteiger partial charge in [-0.25, -0.2) is 4.98 Å². The van der Waals surface area contributed by atoms with E-state index in [2.05, 4.69) is 10.3 Å². The highest BCUT2D eigenvalue weighted by Crippen LogP contribution is 2.17. The Morgan fingerprint density at radius 1 is 1.40 bits per heavy atom. The number of aryl methyl sites for hydroxylation is 2. The monoisotopic (exact) mass is 273 g/mol. The predicted molar refractivity (Wildman–Crippen MR) is 76.0 cm³/mol. The first-order chi connectivity index (χ1) is 9.70. The standard InChI is InChI=1S/C15H19N3O2/c1-12-16-8-10-18(12)9-7-14(17-15(20)11-19)13-5-3-2-4-6-13/h2-6,8,10,14,19H,7,9,11H2,1H3,(H,17,20)/t14-/m1/s1. The molecular weight excluding hydrogens is 254 g/mol. The van der Waals surface area contributed by atoms with Gasteiger partial charge in [-0.3, -0.25) is 4.79 Å². The van der Waals surface area contributed by atoms with Crippen molar-refractivity contribution in [1.82, 2.24) is 14.9 Å². The Kier molecular flexibility index (Phi) is 4.90. The van der Waals surface area contributed by atoms with Crippen LogP contribution in [-0.2, 0) is 11.3 Å². The summed E-state index contributed by atoms with van der Waals surface area (Å²) in [6.07, 6.45) is 4.43. The summed E-state index contributed by atoms with van der Waals surface area (Å²) in [5.74, 6) is 0.589. The molecule has 0 unspecified atom stereocenters. The van der Waals surface area contributed by atoms with Crippen molar-refractivity contribution in [3.05, 3.63) is 54.1 Å². The third kappa shape index (κ3) is 3.68. The number of carbonyl (C=O) groups excluding carboxylic acids is 1. The summed E-state index contributed by atoms with van der Waals surface area (Å²) in [6, 6.07) is 9.66.